The number of carbonyl (C=O) groups is 1. The summed E-state index contributed by atoms with van der Waals surface area (Å²) in [5.41, 5.74) is -0.230. The van der Waals surface area contributed by atoms with Gasteiger partial charge in [0.2, 0.25) is 0 Å². The molecule has 1 aromatic carbocycles. The molecule has 0 bridgehead atoms. The summed E-state index contributed by atoms with van der Waals surface area (Å²) in [6.45, 7) is -0.626. The molecule has 0 saturated carbocycles. The fourth-order valence-electron chi connectivity index (χ4n) is 1.19. The predicted octanol–water partition coefficient (Wildman–Crippen LogP) is 2.05. The van der Waals surface area contributed by atoms with E-state index in [0.29, 0.717) is 0 Å². The molecular weight excluding hydrogens is 287 g/mol. The quantitative estimate of drug-likeness (QED) is 0.642. The van der Waals surface area contributed by atoms with Gasteiger partial charge in [0.15, 0.2) is 0 Å². The monoisotopic (exact) mass is 296 g/mol. The zero-order valence-electron chi connectivity index (χ0n) is 9.10. The summed E-state index contributed by atoms with van der Waals surface area (Å²) in [5.74, 6) is -1.38. The van der Waals surface area contributed by atoms with E-state index in [-0.39, 0.29) is 24.3 Å². The van der Waals surface area contributed by atoms with Gasteiger partial charge < -0.3 is 9.84 Å². The molecule has 0 spiro atoms. The molecule has 0 fully saturated rings. The number of hydrogen-bond donors (Lipinski definition) is 1. The number of hydrogen-bond acceptors (Lipinski definition) is 4. The Morgan fingerprint density at radius 3 is 2.61 bits per heavy atom. The molecule has 0 saturated heterocycles. The van der Waals surface area contributed by atoms with Gasteiger partial charge in [-0.05, 0) is 18.2 Å². The lowest BCUT2D eigenvalue weighted by Crippen LogP contribution is -2.05. The van der Waals surface area contributed by atoms with Crippen molar-refractivity contribution in [3.05, 3.63) is 23.8 Å². The molecule has 100 valence electrons. The highest BCUT2D eigenvalue weighted by atomic mass is 35.7. The summed E-state index contributed by atoms with van der Waals surface area (Å²) in [7, 11) is 1.04. The average molecular weight is 297 g/mol. The first-order chi connectivity index (χ1) is 8.36. The Morgan fingerprint density at radius 2 is 2.11 bits per heavy atom. The molecule has 1 rings (SSSR count). The van der Waals surface area contributed by atoms with Gasteiger partial charge >= 0.3 is 5.97 Å². The van der Waals surface area contributed by atoms with E-state index in [1.54, 1.807) is 0 Å². The van der Waals surface area contributed by atoms with E-state index in [2.05, 4.69) is 0 Å². The lowest BCUT2D eigenvalue weighted by Gasteiger charge is -2.09. The van der Waals surface area contributed by atoms with Crippen LogP contribution in [0.3, 0.4) is 0 Å². The average Bonchev–Trinajstić information content (AvgIpc) is 2.28. The fraction of sp³-hybridized carbons (Fsp3) is 0.300. The van der Waals surface area contributed by atoms with Gasteiger partial charge in [0.05, 0.1) is 18.8 Å². The molecule has 18 heavy (non-hydrogen) atoms. The maximum atomic E-state index is 11.9. The van der Waals surface area contributed by atoms with Gasteiger partial charge in [0, 0.05) is 17.1 Å². The van der Waals surface area contributed by atoms with Crippen LogP contribution >= 0.6 is 10.7 Å². The molecule has 0 radical (unpaired) electrons. The highest BCUT2D eigenvalue weighted by Crippen LogP contribution is 2.28. The van der Waals surface area contributed by atoms with Crippen molar-refractivity contribution >= 4 is 25.7 Å². The second-order valence-corrected chi connectivity index (χ2v) is 5.83. The van der Waals surface area contributed by atoms with Crippen LogP contribution in [0, 0.1) is 0 Å². The molecule has 8 heteroatoms. The second kappa shape index (κ2) is 6.01. The molecule has 1 aromatic rings. The number of ether oxygens (including phenoxy) is 1. The minimum Gasteiger partial charge on any atom is -0.492 e. The maximum Gasteiger partial charge on any atom is 0.335 e. The number of aromatic carboxylic acids is 1. The Labute approximate surface area is 108 Å². The molecule has 5 nitrogen and oxygen atoms in total. The lowest BCUT2D eigenvalue weighted by molar-refractivity contribution is 0.0696. The number of rotatable bonds is 6. The van der Waals surface area contributed by atoms with Crippen LogP contribution in [0.4, 0.5) is 4.39 Å². The van der Waals surface area contributed by atoms with Crippen molar-refractivity contribution in [3.63, 3.8) is 0 Å². The number of benzene rings is 1. The fourth-order valence-corrected chi connectivity index (χ4v) is 2.18. The molecule has 0 aromatic heterocycles. The van der Waals surface area contributed by atoms with Crippen LogP contribution in [0.5, 0.6) is 5.75 Å². The number of halogens is 2. The second-order valence-electron chi connectivity index (χ2n) is 3.30. The number of alkyl halides is 1. The molecular formula is C10H10ClFO5S. The third-order valence-corrected chi connectivity index (χ3v) is 3.33. The Bertz CT molecular complexity index is 543. The third kappa shape index (κ3) is 3.85. The van der Waals surface area contributed by atoms with E-state index in [0.717, 1.165) is 6.07 Å². The van der Waals surface area contributed by atoms with Crippen LogP contribution in [-0.4, -0.2) is 32.8 Å². The zero-order chi connectivity index (χ0) is 13.8. The van der Waals surface area contributed by atoms with Gasteiger partial charge in [0.25, 0.3) is 9.05 Å². The highest BCUT2D eigenvalue weighted by molar-refractivity contribution is 8.13. The third-order valence-electron chi connectivity index (χ3n) is 1.99. The van der Waals surface area contributed by atoms with Gasteiger partial charge in [0.1, 0.15) is 10.6 Å². The van der Waals surface area contributed by atoms with Crippen molar-refractivity contribution in [3.8, 4) is 5.75 Å². The Hall–Kier alpha value is -1.34. The van der Waals surface area contributed by atoms with Crippen molar-refractivity contribution in [1.29, 1.82) is 0 Å². The van der Waals surface area contributed by atoms with E-state index in [1.165, 1.54) is 12.1 Å². The first kappa shape index (κ1) is 14.7. The summed E-state index contributed by atoms with van der Waals surface area (Å²) >= 11 is 0. The van der Waals surface area contributed by atoms with Gasteiger partial charge in [-0.2, -0.15) is 0 Å². The van der Waals surface area contributed by atoms with Crippen LogP contribution in [-0.2, 0) is 9.05 Å². The van der Waals surface area contributed by atoms with Crippen molar-refractivity contribution in [2.75, 3.05) is 13.3 Å². The van der Waals surface area contributed by atoms with Crippen molar-refractivity contribution < 1.29 is 27.4 Å². The summed E-state index contributed by atoms with van der Waals surface area (Å²) in [4.78, 5) is 10.3. The summed E-state index contributed by atoms with van der Waals surface area (Å²) in [6.07, 6.45) is 0.0997. The van der Waals surface area contributed by atoms with Gasteiger partial charge in [-0.1, -0.05) is 0 Å². The molecule has 0 aliphatic rings. The smallest absolute Gasteiger partial charge is 0.335 e. The Balaban J connectivity index is 3.14. The van der Waals surface area contributed by atoms with Crippen LogP contribution in [0.1, 0.15) is 16.8 Å². The van der Waals surface area contributed by atoms with E-state index in [4.69, 9.17) is 20.5 Å². The summed E-state index contributed by atoms with van der Waals surface area (Å²) in [5, 5.41) is 8.75. The Kier molecular flexibility index (Phi) is 4.92. The van der Waals surface area contributed by atoms with E-state index in [1.807, 2.05) is 0 Å². The molecule has 0 aliphatic heterocycles. The van der Waals surface area contributed by atoms with Crippen LogP contribution < -0.4 is 4.74 Å². The minimum absolute atomic E-state index is 0.0255. The van der Waals surface area contributed by atoms with Crippen LogP contribution in [0.2, 0.25) is 0 Å². The van der Waals surface area contributed by atoms with Crippen molar-refractivity contribution in [1.82, 2.24) is 0 Å². The van der Waals surface area contributed by atoms with Gasteiger partial charge in [-0.3, -0.25) is 4.39 Å². The standard InChI is InChI=1S/C10H10ClFO5S/c11-18(15,16)9-6-7(10(13)14)2-3-8(9)17-5-1-4-12/h2-3,6H,1,4-5H2,(H,13,14). The lowest BCUT2D eigenvalue weighted by atomic mass is 10.2. The number of carboxylic acids is 1. The SMILES string of the molecule is O=C(O)c1ccc(OCCCF)c(S(=O)(=O)Cl)c1. The Morgan fingerprint density at radius 1 is 1.44 bits per heavy atom. The topological polar surface area (TPSA) is 80.7 Å². The zero-order valence-corrected chi connectivity index (χ0v) is 10.7. The largest absolute Gasteiger partial charge is 0.492 e. The van der Waals surface area contributed by atoms with Crippen molar-refractivity contribution in [2.45, 2.75) is 11.3 Å². The minimum atomic E-state index is -4.14. The molecule has 0 amide bonds. The van der Waals surface area contributed by atoms with Crippen LogP contribution in [0.15, 0.2) is 23.1 Å². The van der Waals surface area contributed by atoms with E-state index < -0.39 is 26.6 Å². The van der Waals surface area contributed by atoms with Crippen LogP contribution in [0.25, 0.3) is 0 Å². The van der Waals surface area contributed by atoms with E-state index in [9.17, 15) is 17.6 Å². The predicted molar refractivity (Wildman–Crippen MR) is 62.5 cm³/mol. The summed E-state index contributed by atoms with van der Waals surface area (Å²) in [6, 6.07) is 3.26. The summed E-state index contributed by atoms with van der Waals surface area (Å²) < 4.78 is 39.5. The first-order valence-corrected chi connectivity index (χ1v) is 7.18. The molecule has 0 aliphatic carbocycles. The molecule has 0 atom stereocenters. The van der Waals surface area contributed by atoms with Gasteiger partial charge in [-0.15, -0.1) is 0 Å². The molecule has 0 unspecified atom stereocenters. The molecule has 1 N–H and O–H groups in total. The normalized spacial score (nSPS) is 11.2. The molecule has 0 heterocycles. The maximum absolute atomic E-state index is 11.9. The number of carboxylic acid groups (broad SMARTS) is 1. The van der Waals surface area contributed by atoms with Gasteiger partial charge in [-0.25, -0.2) is 13.2 Å². The van der Waals surface area contributed by atoms with E-state index >= 15 is 0 Å². The van der Waals surface area contributed by atoms with Crippen molar-refractivity contribution in [2.24, 2.45) is 0 Å². The highest BCUT2D eigenvalue weighted by Gasteiger charge is 2.19. The first-order valence-electron chi connectivity index (χ1n) is 4.87.